The zero-order chi connectivity index (χ0) is 20.0. The molecule has 0 radical (unpaired) electrons. The molecule has 1 fully saturated rings. The lowest BCUT2D eigenvalue weighted by Gasteiger charge is -2.32. The van der Waals surface area contributed by atoms with Crippen LogP contribution >= 0.6 is 0 Å². The van der Waals surface area contributed by atoms with Gasteiger partial charge in [-0.25, -0.2) is 14.6 Å². The van der Waals surface area contributed by atoms with Gasteiger partial charge in [0.05, 0.1) is 14.2 Å². The van der Waals surface area contributed by atoms with Gasteiger partial charge in [-0.3, -0.25) is 0 Å². The first-order chi connectivity index (χ1) is 12.7. The van der Waals surface area contributed by atoms with Crippen LogP contribution in [0.3, 0.4) is 0 Å². The van der Waals surface area contributed by atoms with Crippen LogP contribution in [0, 0.1) is 5.92 Å². The summed E-state index contributed by atoms with van der Waals surface area (Å²) in [6.07, 6.45) is 1.33. The smallest absolute Gasteiger partial charge is 0.407 e. The lowest BCUT2D eigenvalue weighted by atomic mass is 9.97. The van der Waals surface area contributed by atoms with Gasteiger partial charge in [0.15, 0.2) is 5.69 Å². The molecular formula is C18H28N4O5. The first-order valence-electron chi connectivity index (χ1n) is 8.95. The van der Waals surface area contributed by atoms with Crippen LogP contribution in [0.15, 0.2) is 6.07 Å². The molecule has 1 aromatic heterocycles. The summed E-state index contributed by atoms with van der Waals surface area (Å²) in [4.78, 5) is 34.2. The fourth-order valence-electron chi connectivity index (χ4n) is 2.75. The van der Waals surface area contributed by atoms with Crippen molar-refractivity contribution in [2.75, 3.05) is 38.8 Å². The van der Waals surface area contributed by atoms with Gasteiger partial charge in [-0.1, -0.05) is 0 Å². The van der Waals surface area contributed by atoms with Gasteiger partial charge in [0.2, 0.25) is 11.8 Å². The Labute approximate surface area is 159 Å². The van der Waals surface area contributed by atoms with E-state index in [-0.39, 0.29) is 5.69 Å². The molecule has 2 rings (SSSR count). The minimum atomic E-state index is -0.534. The van der Waals surface area contributed by atoms with Gasteiger partial charge in [-0.05, 0) is 39.5 Å². The molecule has 0 spiro atoms. The number of hydrogen-bond acceptors (Lipinski definition) is 8. The third-order valence-corrected chi connectivity index (χ3v) is 4.13. The van der Waals surface area contributed by atoms with Gasteiger partial charge in [-0.2, -0.15) is 4.98 Å². The first-order valence-corrected chi connectivity index (χ1v) is 8.95. The summed E-state index contributed by atoms with van der Waals surface area (Å²) in [5, 5.41) is 2.82. The van der Waals surface area contributed by atoms with Gasteiger partial charge < -0.3 is 24.4 Å². The van der Waals surface area contributed by atoms with Crippen LogP contribution in [0.1, 0.15) is 44.1 Å². The third kappa shape index (κ3) is 6.26. The summed E-state index contributed by atoms with van der Waals surface area (Å²) in [7, 11) is 2.79. The van der Waals surface area contributed by atoms with E-state index in [1.165, 1.54) is 20.3 Å². The van der Waals surface area contributed by atoms with Gasteiger partial charge in [-0.15, -0.1) is 0 Å². The molecule has 150 valence electrons. The summed E-state index contributed by atoms with van der Waals surface area (Å²) in [6, 6.07) is 1.45. The Morgan fingerprint density at radius 2 is 1.89 bits per heavy atom. The highest BCUT2D eigenvalue weighted by Crippen LogP contribution is 2.23. The zero-order valence-electron chi connectivity index (χ0n) is 16.6. The average Bonchev–Trinajstić information content (AvgIpc) is 2.64. The van der Waals surface area contributed by atoms with Gasteiger partial charge in [0.25, 0.3) is 0 Å². The normalized spacial score (nSPS) is 15.2. The second-order valence-corrected chi connectivity index (χ2v) is 7.40. The SMILES string of the molecule is COC(=O)c1cc(OC)nc(N2CCC(CNC(=O)OC(C)(C)C)CC2)n1. The first kappa shape index (κ1) is 20.7. The minimum Gasteiger partial charge on any atom is -0.481 e. The number of carbonyl (C=O) groups is 2. The van der Waals surface area contributed by atoms with Crippen LogP contribution in [0.2, 0.25) is 0 Å². The third-order valence-electron chi connectivity index (χ3n) is 4.13. The van der Waals surface area contributed by atoms with E-state index in [1.54, 1.807) is 0 Å². The van der Waals surface area contributed by atoms with E-state index in [1.807, 2.05) is 25.7 Å². The molecule has 1 aliphatic heterocycles. The molecule has 0 unspecified atom stereocenters. The Hall–Kier alpha value is -2.58. The van der Waals surface area contributed by atoms with E-state index < -0.39 is 17.7 Å². The zero-order valence-corrected chi connectivity index (χ0v) is 16.6. The summed E-state index contributed by atoms with van der Waals surface area (Å²) in [6.45, 7) is 7.50. The fourth-order valence-corrected chi connectivity index (χ4v) is 2.75. The number of piperidine rings is 1. The van der Waals surface area contributed by atoms with E-state index in [4.69, 9.17) is 14.2 Å². The lowest BCUT2D eigenvalue weighted by molar-refractivity contribution is 0.0515. The number of rotatable bonds is 5. The quantitative estimate of drug-likeness (QED) is 0.774. The Bertz CT molecular complexity index is 666. The van der Waals surface area contributed by atoms with Gasteiger partial charge in [0, 0.05) is 25.7 Å². The lowest BCUT2D eigenvalue weighted by Crippen LogP contribution is -2.40. The Balaban J connectivity index is 1.92. The number of carbonyl (C=O) groups excluding carboxylic acids is 2. The highest BCUT2D eigenvalue weighted by Gasteiger charge is 2.24. The van der Waals surface area contributed by atoms with Crippen molar-refractivity contribution in [2.24, 2.45) is 5.92 Å². The molecule has 0 aliphatic carbocycles. The molecule has 27 heavy (non-hydrogen) atoms. The summed E-state index contributed by atoms with van der Waals surface area (Å²) in [5.74, 6) is 0.565. The maximum Gasteiger partial charge on any atom is 0.407 e. The summed E-state index contributed by atoms with van der Waals surface area (Å²) < 4.78 is 15.1. The molecule has 9 heteroatoms. The van der Waals surface area contributed by atoms with E-state index >= 15 is 0 Å². The van der Waals surface area contributed by atoms with E-state index in [0.717, 1.165) is 12.8 Å². The van der Waals surface area contributed by atoms with Crippen molar-refractivity contribution in [1.82, 2.24) is 15.3 Å². The largest absolute Gasteiger partial charge is 0.481 e. The predicted octanol–water partition coefficient (Wildman–Crippen LogP) is 2.01. The van der Waals surface area contributed by atoms with Crippen LogP contribution in [-0.2, 0) is 9.47 Å². The topological polar surface area (TPSA) is 103 Å². The van der Waals surface area contributed by atoms with Crippen LogP contribution in [0.25, 0.3) is 0 Å². The highest BCUT2D eigenvalue weighted by molar-refractivity contribution is 5.87. The predicted molar refractivity (Wildman–Crippen MR) is 99.1 cm³/mol. The molecule has 0 atom stereocenters. The number of amides is 1. The van der Waals surface area contributed by atoms with E-state index in [9.17, 15) is 9.59 Å². The summed E-state index contributed by atoms with van der Waals surface area (Å²) >= 11 is 0. The number of methoxy groups -OCH3 is 2. The van der Waals surface area contributed by atoms with Gasteiger partial charge >= 0.3 is 12.1 Å². The molecule has 0 saturated carbocycles. The molecule has 9 nitrogen and oxygen atoms in total. The van der Waals surface area contributed by atoms with E-state index in [2.05, 4.69) is 15.3 Å². The van der Waals surface area contributed by atoms with Crippen molar-refractivity contribution in [1.29, 1.82) is 0 Å². The van der Waals surface area contributed by atoms with Crippen LogP contribution < -0.4 is 15.0 Å². The van der Waals surface area contributed by atoms with Crippen molar-refractivity contribution in [3.8, 4) is 5.88 Å². The average molecular weight is 380 g/mol. The molecule has 1 amide bonds. The fraction of sp³-hybridized carbons (Fsp3) is 0.667. The molecule has 1 aliphatic rings. The van der Waals surface area contributed by atoms with Crippen LogP contribution in [0.4, 0.5) is 10.7 Å². The Morgan fingerprint density at radius 3 is 2.44 bits per heavy atom. The number of alkyl carbamates (subject to hydrolysis) is 1. The molecule has 1 aromatic rings. The number of ether oxygens (including phenoxy) is 3. The van der Waals surface area contributed by atoms with Crippen molar-refractivity contribution in [3.63, 3.8) is 0 Å². The summed E-state index contributed by atoms with van der Waals surface area (Å²) in [5.41, 5.74) is -0.345. The molecular weight excluding hydrogens is 352 g/mol. The number of nitrogens with one attached hydrogen (secondary N) is 1. The van der Waals surface area contributed by atoms with Gasteiger partial charge in [0.1, 0.15) is 5.60 Å². The van der Waals surface area contributed by atoms with Crippen molar-refractivity contribution < 1.29 is 23.8 Å². The number of esters is 1. The standard InChI is InChI=1S/C18H28N4O5/c1-18(2,3)27-17(24)19-11-12-6-8-22(9-7-12)16-20-13(15(23)26-5)10-14(21-16)25-4/h10,12H,6-9,11H2,1-5H3,(H,19,24). The molecule has 1 saturated heterocycles. The molecule has 1 N–H and O–H groups in total. The monoisotopic (exact) mass is 380 g/mol. The maximum atomic E-state index is 11.8. The molecule has 0 bridgehead atoms. The van der Waals surface area contributed by atoms with Crippen molar-refractivity contribution in [3.05, 3.63) is 11.8 Å². The second kappa shape index (κ2) is 8.88. The number of anilines is 1. The van der Waals surface area contributed by atoms with Crippen molar-refractivity contribution >= 4 is 18.0 Å². The van der Waals surface area contributed by atoms with Crippen LogP contribution in [0.5, 0.6) is 5.88 Å². The van der Waals surface area contributed by atoms with Crippen LogP contribution in [-0.4, -0.2) is 61.5 Å². The minimum absolute atomic E-state index is 0.160. The molecule has 0 aromatic carbocycles. The maximum absolute atomic E-state index is 11.8. The van der Waals surface area contributed by atoms with Crippen molar-refractivity contribution in [2.45, 2.75) is 39.2 Å². The number of hydrogen-bond donors (Lipinski definition) is 1. The highest BCUT2D eigenvalue weighted by atomic mass is 16.6. The number of nitrogens with zero attached hydrogens (tertiary/aromatic N) is 3. The Morgan fingerprint density at radius 1 is 1.22 bits per heavy atom. The second-order valence-electron chi connectivity index (χ2n) is 7.40. The van der Waals surface area contributed by atoms with E-state index in [0.29, 0.717) is 37.4 Å². The molecule has 2 heterocycles. The number of aromatic nitrogens is 2. The Kier molecular flexibility index (Phi) is 6.81.